The molecule has 0 bridgehead atoms. The van der Waals surface area contributed by atoms with E-state index in [2.05, 4.69) is 15.5 Å². The summed E-state index contributed by atoms with van der Waals surface area (Å²) in [5, 5.41) is 12.5. The van der Waals surface area contributed by atoms with E-state index in [0.717, 1.165) is 38.2 Å². The van der Waals surface area contributed by atoms with Crippen molar-refractivity contribution in [3.8, 4) is 0 Å². The number of hydrogen-bond donors (Lipinski definition) is 0. The maximum absolute atomic E-state index is 12.9. The molecule has 2 saturated carbocycles. The molecule has 1 saturated heterocycles. The number of nitrogens with zero attached hydrogens (tertiary/aromatic N) is 5. The van der Waals surface area contributed by atoms with Crippen LogP contribution in [-0.4, -0.2) is 63.9 Å². The Hall–Kier alpha value is -2.26. The van der Waals surface area contributed by atoms with Crippen molar-refractivity contribution in [3.63, 3.8) is 0 Å². The number of methoxy groups -OCH3 is 1. The zero-order valence-corrected chi connectivity index (χ0v) is 17.6. The monoisotopic (exact) mass is 415 g/mol. The summed E-state index contributed by atoms with van der Waals surface area (Å²) in [6, 6.07) is 1.84. The standard InChI is InChI=1S/C21H29N5O4/c1-13-5-18(23-30-13)21(27)25-8-15-6-19(26-10-17(12-28-2)22-24-26)20(7-16(15)9-25)29-11-14-3-4-14/h5,10,14-16,19-20H,3-4,6-9,11-12H2,1-2H3/t15-,16+,19-,20-/m1/s1. The molecule has 0 spiro atoms. The van der Waals surface area contributed by atoms with Crippen molar-refractivity contribution in [1.82, 2.24) is 25.1 Å². The zero-order chi connectivity index (χ0) is 20.7. The summed E-state index contributed by atoms with van der Waals surface area (Å²) < 4.78 is 18.6. The molecule has 1 aliphatic heterocycles. The van der Waals surface area contributed by atoms with Gasteiger partial charge in [0, 0.05) is 32.9 Å². The molecule has 2 aliphatic carbocycles. The van der Waals surface area contributed by atoms with Crippen molar-refractivity contribution >= 4 is 5.91 Å². The van der Waals surface area contributed by atoms with E-state index in [1.807, 2.05) is 15.8 Å². The number of aryl methyl sites for hydroxylation is 1. The van der Waals surface area contributed by atoms with E-state index < -0.39 is 0 Å². The lowest BCUT2D eigenvalue weighted by molar-refractivity contribution is -0.0375. The van der Waals surface area contributed by atoms with Crippen LogP contribution in [0.2, 0.25) is 0 Å². The van der Waals surface area contributed by atoms with Gasteiger partial charge < -0.3 is 18.9 Å². The Kier molecular flexibility index (Phi) is 5.32. The molecule has 162 valence electrons. The number of hydrogen-bond acceptors (Lipinski definition) is 7. The number of rotatable bonds is 7. The highest BCUT2D eigenvalue weighted by molar-refractivity contribution is 5.92. The molecule has 3 aliphatic rings. The third kappa shape index (κ3) is 4.00. The quantitative estimate of drug-likeness (QED) is 0.684. The van der Waals surface area contributed by atoms with Crippen LogP contribution < -0.4 is 0 Å². The first-order valence-corrected chi connectivity index (χ1v) is 10.8. The van der Waals surface area contributed by atoms with E-state index >= 15 is 0 Å². The maximum Gasteiger partial charge on any atom is 0.276 e. The highest BCUT2D eigenvalue weighted by Crippen LogP contribution is 2.43. The van der Waals surface area contributed by atoms with E-state index in [0.29, 0.717) is 35.8 Å². The molecule has 4 atom stereocenters. The molecule has 9 nitrogen and oxygen atoms in total. The summed E-state index contributed by atoms with van der Waals surface area (Å²) in [6.45, 7) is 4.55. The molecule has 9 heteroatoms. The molecule has 2 aromatic rings. The van der Waals surface area contributed by atoms with Crippen LogP contribution in [0.4, 0.5) is 0 Å². The molecule has 2 aromatic heterocycles. The van der Waals surface area contributed by atoms with Gasteiger partial charge in [0.2, 0.25) is 0 Å². The summed E-state index contributed by atoms with van der Waals surface area (Å²) in [5.74, 6) is 2.17. The average Bonchev–Trinajstić information content (AvgIpc) is 3.11. The Bertz CT molecular complexity index is 892. The van der Waals surface area contributed by atoms with Crippen molar-refractivity contribution in [3.05, 3.63) is 29.4 Å². The molecule has 3 heterocycles. The van der Waals surface area contributed by atoms with Crippen molar-refractivity contribution in [1.29, 1.82) is 0 Å². The topological polar surface area (TPSA) is 95.5 Å². The predicted octanol–water partition coefficient (Wildman–Crippen LogP) is 2.24. The lowest BCUT2D eigenvalue weighted by atomic mass is 9.77. The molecule has 0 aromatic carbocycles. The van der Waals surface area contributed by atoms with E-state index in [1.165, 1.54) is 12.8 Å². The van der Waals surface area contributed by atoms with Gasteiger partial charge in [-0.3, -0.25) is 4.79 Å². The second-order valence-corrected chi connectivity index (χ2v) is 9.03. The largest absolute Gasteiger partial charge is 0.378 e. The van der Waals surface area contributed by atoms with Gasteiger partial charge in [-0.1, -0.05) is 10.4 Å². The summed E-state index contributed by atoms with van der Waals surface area (Å²) in [6.07, 6.45) is 6.46. The summed E-state index contributed by atoms with van der Waals surface area (Å²) in [7, 11) is 1.66. The first kappa shape index (κ1) is 19.7. The maximum atomic E-state index is 12.9. The third-order valence-electron chi connectivity index (χ3n) is 6.65. The van der Waals surface area contributed by atoms with Crippen molar-refractivity contribution in [2.24, 2.45) is 17.8 Å². The van der Waals surface area contributed by atoms with Crippen LogP contribution in [0, 0.1) is 24.7 Å². The van der Waals surface area contributed by atoms with Gasteiger partial charge in [0.05, 0.1) is 24.9 Å². The van der Waals surface area contributed by atoms with Gasteiger partial charge in [-0.25, -0.2) is 4.68 Å². The Labute approximate surface area is 175 Å². The van der Waals surface area contributed by atoms with E-state index in [9.17, 15) is 4.79 Å². The fraction of sp³-hybridized carbons (Fsp3) is 0.714. The number of carbonyl (C=O) groups excluding carboxylic acids is 1. The Morgan fingerprint density at radius 3 is 2.77 bits per heavy atom. The molecular weight excluding hydrogens is 386 g/mol. The SMILES string of the molecule is COCc1cn([C@@H]2C[C@@H]3CN(C(=O)c4cc(C)on4)C[C@@H]3C[C@H]2OCC2CC2)nn1. The van der Waals surface area contributed by atoms with Gasteiger partial charge in [0.25, 0.3) is 5.91 Å². The Balaban J connectivity index is 1.31. The van der Waals surface area contributed by atoms with E-state index in [4.69, 9.17) is 14.0 Å². The number of fused-ring (bicyclic) bond motifs is 1. The Morgan fingerprint density at radius 2 is 2.07 bits per heavy atom. The number of amides is 1. The van der Waals surface area contributed by atoms with Crippen molar-refractivity contribution < 1.29 is 18.8 Å². The minimum atomic E-state index is -0.0450. The van der Waals surface area contributed by atoms with E-state index in [1.54, 1.807) is 20.1 Å². The average molecular weight is 415 g/mol. The number of aromatic nitrogens is 4. The predicted molar refractivity (Wildman–Crippen MR) is 106 cm³/mol. The van der Waals surface area contributed by atoms with Crippen LogP contribution in [-0.2, 0) is 16.1 Å². The van der Waals surface area contributed by atoms with Gasteiger partial charge in [-0.15, -0.1) is 5.10 Å². The molecule has 3 fully saturated rings. The molecular formula is C21H29N5O4. The molecule has 1 amide bonds. The van der Waals surface area contributed by atoms with Gasteiger partial charge in [0.15, 0.2) is 5.69 Å². The minimum Gasteiger partial charge on any atom is -0.378 e. The first-order valence-electron chi connectivity index (χ1n) is 10.8. The van der Waals surface area contributed by atoms with Crippen LogP contribution in [0.5, 0.6) is 0 Å². The second-order valence-electron chi connectivity index (χ2n) is 9.03. The van der Waals surface area contributed by atoms with Gasteiger partial charge >= 0.3 is 0 Å². The lowest BCUT2D eigenvalue weighted by Gasteiger charge is -2.37. The third-order valence-corrected chi connectivity index (χ3v) is 6.65. The minimum absolute atomic E-state index is 0.0450. The van der Waals surface area contributed by atoms with Gasteiger partial charge in [0.1, 0.15) is 11.5 Å². The number of likely N-dealkylation sites (tertiary alicyclic amines) is 1. The molecule has 30 heavy (non-hydrogen) atoms. The second kappa shape index (κ2) is 8.11. The molecule has 0 radical (unpaired) electrons. The smallest absolute Gasteiger partial charge is 0.276 e. The normalized spacial score (nSPS) is 28.7. The summed E-state index contributed by atoms with van der Waals surface area (Å²) in [4.78, 5) is 14.8. The molecule has 5 rings (SSSR count). The lowest BCUT2D eigenvalue weighted by Crippen LogP contribution is -2.38. The van der Waals surface area contributed by atoms with E-state index in [-0.39, 0.29) is 18.1 Å². The number of carbonyl (C=O) groups is 1. The summed E-state index contributed by atoms with van der Waals surface area (Å²) in [5.41, 5.74) is 1.22. The van der Waals surface area contributed by atoms with Crippen molar-refractivity contribution in [2.45, 2.75) is 51.4 Å². The van der Waals surface area contributed by atoms with Crippen LogP contribution in [0.3, 0.4) is 0 Å². The number of ether oxygens (including phenoxy) is 2. The fourth-order valence-corrected chi connectivity index (χ4v) is 4.88. The van der Waals surface area contributed by atoms with Crippen LogP contribution in [0.15, 0.2) is 16.8 Å². The molecule has 0 N–H and O–H groups in total. The van der Waals surface area contributed by atoms with Crippen LogP contribution in [0.25, 0.3) is 0 Å². The zero-order valence-electron chi connectivity index (χ0n) is 17.6. The van der Waals surface area contributed by atoms with Gasteiger partial charge in [-0.2, -0.15) is 0 Å². The highest BCUT2D eigenvalue weighted by Gasteiger charge is 2.45. The first-order chi connectivity index (χ1) is 14.6. The highest BCUT2D eigenvalue weighted by atomic mass is 16.5. The Morgan fingerprint density at radius 1 is 1.27 bits per heavy atom. The fourth-order valence-electron chi connectivity index (χ4n) is 4.88. The summed E-state index contributed by atoms with van der Waals surface area (Å²) >= 11 is 0. The van der Waals surface area contributed by atoms with Crippen molar-refractivity contribution in [2.75, 3.05) is 26.8 Å². The van der Waals surface area contributed by atoms with Crippen LogP contribution in [0.1, 0.15) is 53.7 Å². The molecule has 0 unspecified atom stereocenters. The van der Waals surface area contributed by atoms with Crippen LogP contribution >= 0.6 is 0 Å². The van der Waals surface area contributed by atoms with Gasteiger partial charge in [-0.05, 0) is 50.4 Å².